The molecule has 5 heterocycles. The van der Waals surface area contributed by atoms with Crippen molar-refractivity contribution >= 4 is 77.1 Å². The number of fused-ring (bicyclic) bond motifs is 6. The second kappa shape index (κ2) is 13.1. The van der Waals surface area contributed by atoms with Crippen LogP contribution in [-0.4, -0.2) is 30.4 Å². The van der Waals surface area contributed by atoms with Crippen molar-refractivity contribution in [1.29, 1.82) is 0 Å². The highest BCUT2D eigenvalue weighted by molar-refractivity contribution is 7.27. The Morgan fingerprint density at radius 1 is 0.291 bits per heavy atom. The molecule has 0 atom stereocenters. The Morgan fingerprint density at radius 3 is 1.15 bits per heavy atom. The van der Waals surface area contributed by atoms with E-state index in [1.807, 2.05) is 24.3 Å². The first-order valence-electron chi connectivity index (χ1n) is 17.8. The van der Waals surface area contributed by atoms with Gasteiger partial charge in [-0.25, -0.2) is 9.97 Å². The van der Waals surface area contributed by atoms with Gasteiger partial charge in [-0.2, -0.15) is 0 Å². The SMILES string of the molecule is c1cc(-c2nnc(-c3ccc(-c4nnc(-c5cccc(-c6cc7ccccc7c7ccccc67)n5)s4)s3)s2)nc(-c2cc3ccccc3c3ccccc23)c1. The number of rotatable bonds is 6. The lowest BCUT2D eigenvalue weighted by Gasteiger charge is -2.11. The highest BCUT2D eigenvalue weighted by atomic mass is 32.1. The molecule has 0 spiro atoms. The minimum Gasteiger partial charge on any atom is -0.245 e. The van der Waals surface area contributed by atoms with Gasteiger partial charge in [0.05, 0.1) is 21.1 Å². The molecule has 6 aromatic carbocycles. The Labute approximate surface area is 327 Å². The third-order valence-corrected chi connectivity index (χ3v) is 13.2. The highest BCUT2D eigenvalue weighted by Gasteiger charge is 2.18. The first-order chi connectivity index (χ1) is 27.2. The molecule has 0 amide bonds. The van der Waals surface area contributed by atoms with E-state index in [0.29, 0.717) is 0 Å². The fourth-order valence-electron chi connectivity index (χ4n) is 7.36. The monoisotopic (exact) mass is 758 g/mol. The molecule has 6 nitrogen and oxygen atoms in total. The highest BCUT2D eigenvalue weighted by Crippen LogP contribution is 2.41. The van der Waals surface area contributed by atoms with E-state index in [4.69, 9.17) is 9.97 Å². The topological polar surface area (TPSA) is 77.3 Å². The summed E-state index contributed by atoms with van der Waals surface area (Å²) in [7, 11) is 0. The largest absolute Gasteiger partial charge is 0.245 e. The van der Waals surface area contributed by atoms with E-state index in [-0.39, 0.29) is 0 Å². The molecule has 0 unspecified atom stereocenters. The summed E-state index contributed by atoms with van der Waals surface area (Å²) >= 11 is 4.72. The van der Waals surface area contributed by atoms with Gasteiger partial charge in [-0.15, -0.1) is 31.7 Å². The lowest BCUT2D eigenvalue weighted by Crippen LogP contribution is -1.90. The zero-order valence-electron chi connectivity index (χ0n) is 28.9. The fraction of sp³-hybridized carbons (Fsp3) is 0. The van der Waals surface area contributed by atoms with Crippen LogP contribution in [0.3, 0.4) is 0 Å². The number of hydrogen-bond donors (Lipinski definition) is 0. The molecular formula is C46H26N6S3. The minimum atomic E-state index is 0.778. The van der Waals surface area contributed by atoms with Gasteiger partial charge in [-0.3, -0.25) is 0 Å². The number of pyridine rings is 2. The van der Waals surface area contributed by atoms with Crippen molar-refractivity contribution in [2.75, 3.05) is 0 Å². The molecule has 5 aromatic heterocycles. The summed E-state index contributed by atoms with van der Waals surface area (Å²) in [6, 6.07) is 55.0. The predicted molar refractivity (Wildman–Crippen MR) is 229 cm³/mol. The van der Waals surface area contributed by atoms with Crippen LogP contribution in [0.15, 0.2) is 158 Å². The lowest BCUT2D eigenvalue weighted by molar-refractivity contribution is 1.09. The molecule has 11 rings (SSSR count). The Balaban J connectivity index is 0.880. The lowest BCUT2D eigenvalue weighted by atomic mass is 9.95. The molecular weight excluding hydrogens is 733 g/mol. The first-order valence-corrected chi connectivity index (χ1v) is 20.2. The average molecular weight is 759 g/mol. The van der Waals surface area contributed by atoms with Crippen LogP contribution >= 0.6 is 34.0 Å². The third-order valence-electron chi connectivity index (χ3n) is 9.90. The third kappa shape index (κ3) is 5.60. The predicted octanol–water partition coefficient (Wildman–Crippen LogP) is 12.9. The number of nitrogens with zero attached hydrogens (tertiary/aromatic N) is 6. The van der Waals surface area contributed by atoms with Gasteiger partial charge in [0.25, 0.3) is 0 Å². The van der Waals surface area contributed by atoms with Crippen LogP contribution in [0, 0.1) is 0 Å². The zero-order chi connectivity index (χ0) is 36.3. The number of aromatic nitrogens is 6. The van der Waals surface area contributed by atoms with Crippen LogP contribution in [0.4, 0.5) is 0 Å². The molecule has 11 aromatic rings. The fourth-order valence-corrected chi connectivity index (χ4v) is 10.1. The maximum absolute atomic E-state index is 5.10. The Bertz CT molecular complexity index is 3040. The van der Waals surface area contributed by atoms with Gasteiger partial charge in [-0.05, 0) is 91.6 Å². The van der Waals surface area contributed by atoms with Gasteiger partial charge in [0, 0.05) is 11.1 Å². The van der Waals surface area contributed by atoms with Crippen LogP contribution in [0.1, 0.15) is 0 Å². The number of benzene rings is 6. The summed E-state index contributed by atoms with van der Waals surface area (Å²) in [6.07, 6.45) is 0. The Hall–Kier alpha value is -6.52. The van der Waals surface area contributed by atoms with Crippen LogP contribution in [0.5, 0.6) is 0 Å². The number of thiophene rings is 1. The number of hydrogen-bond acceptors (Lipinski definition) is 9. The van der Waals surface area contributed by atoms with Crippen molar-refractivity contribution in [3.8, 4) is 63.7 Å². The van der Waals surface area contributed by atoms with E-state index in [9.17, 15) is 0 Å². The van der Waals surface area contributed by atoms with Crippen molar-refractivity contribution in [2.45, 2.75) is 0 Å². The smallest absolute Gasteiger partial charge is 0.166 e. The summed E-state index contributed by atoms with van der Waals surface area (Å²) in [5.41, 5.74) is 5.62. The molecule has 0 aliphatic rings. The van der Waals surface area contributed by atoms with Gasteiger partial charge in [-0.1, -0.05) is 132 Å². The molecule has 0 radical (unpaired) electrons. The summed E-state index contributed by atoms with van der Waals surface area (Å²) in [4.78, 5) is 12.3. The van der Waals surface area contributed by atoms with Crippen LogP contribution in [-0.2, 0) is 0 Å². The average Bonchev–Trinajstić information content (AvgIpc) is 4.06. The van der Waals surface area contributed by atoms with Crippen molar-refractivity contribution in [2.24, 2.45) is 0 Å². The molecule has 0 aliphatic carbocycles. The van der Waals surface area contributed by atoms with Crippen molar-refractivity contribution in [3.05, 3.63) is 158 Å². The van der Waals surface area contributed by atoms with Gasteiger partial charge in [0.2, 0.25) is 0 Å². The van der Waals surface area contributed by atoms with Gasteiger partial charge in [0.15, 0.2) is 20.0 Å². The molecule has 9 heteroatoms. The van der Waals surface area contributed by atoms with Gasteiger partial charge in [0.1, 0.15) is 11.4 Å². The van der Waals surface area contributed by atoms with Crippen LogP contribution in [0.2, 0.25) is 0 Å². The first kappa shape index (κ1) is 32.0. The van der Waals surface area contributed by atoms with E-state index in [1.165, 1.54) is 43.1 Å². The second-order valence-corrected chi connectivity index (χ2v) is 16.2. The van der Waals surface area contributed by atoms with E-state index in [0.717, 1.165) is 63.7 Å². The molecule has 0 saturated heterocycles. The maximum Gasteiger partial charge on any atom is 0.166 e. The summed E-state index contributed by atoms with van der Waals surface area (Å²) in [5.74, 6) is 0. The van der Waals surface area contributed by atoms with Gasteiger partial charge < -0.3 is 0 Å². The van der Waals surface area contributed by atoms with E-state index >= 15 is 0 Å². The van der Waals surface area contributed by atoms with Gasteiger partial charge >= 0.3 is 0 Å². The van der Waals surface area contributed by atoms with Crippen molar-refractivity contribution in [1.82, 2.24) is 30.4 Å². The normalized spacial score (nSPS) is 11.6. The van der Waals surface area contributed by atoms with Crippen molar-refractivity contribution in [3.63, 3.8) is 0 Å². The molecule has 0 bridgehead atoms. The summed E-state index contributed by atoms with van der Waals surface area (Å²) < 4.78 is 0. The molecule has 0 N–H and O–H groups in total. The quantitative estimate of drug-likeness (QED) is 0.157. The summed E-state index contributed by atoms with van der Waals surface area (Å²) in [6.45, 7) is 0. The molecule has 0 saturated carbocycles. The molecule has 0 fully saturated rings. The van der Waals surface area contributed by atoms with E-state index in [2.05, 4.69) is 154 Å². The van der Waals surface area contributed by atoms with Crippen LogP contribution in [0.25, 0.3) is 107 Å². The molecule has 55 heavy (non-hydrogen) atoms. The Morgan fingerprint density at radius 2 is 0.673 bits per heavy atom. The van der Waals surface area contributed by atoms with E-state index in [1.54, 1.807) is 34.0 Å². The maximum atomic E-state index is 5.10. The molecule has 0 aliphatic heterocycles. The Kier molecular flexibility index (Phi) is 7.61. The van der Waals surface area contributed by atoms with Crippen molar-refractivity contribution < 1.29 is 0 Å². The summed E-state index contributed by atoms with van der Waals surface area (Å²) in [5, 5.41) is 31.2. The van der Waals surface area contributed by atoms with Crippen LogP contribution < -0.4 is 0 Å². The zero-order valence-corrected chi connectivity index (χ0v) is 31.4. The molecule has 258 valence electrons. The standard InChI is InChI=1S/C46H26N6S3/c1-3-13-29-27(11-1)25-35(33-17-7-5-15-31(29)33)37-19-9-21-39(47-37)43-49-51-45(54-43)41-23-24-42(53-41)46-52-50-44(55-46)40-22-10-20-38(48-40)36-26-28-12-2-4-14-30(28)32-16-6-8-18-34(32)36/h1-26H. The minimum absolute atomic E-state index is 0.778. The second-order valence-electron chi connectivity index (χ2n) is 13.2. The van der Waals surface area contributed by atoms with E-state index < -0.39 is 0 Å².